The molecule has 0 bridgehead atoms. The molecule has 1 amide bonds. The van der Waals surface area contributed by atoms with Crippen molar-refractivity contribution >= 4 is 44.2 Å². The van der Waals surface area contributed by atoms with E-state index >= 15 is 0 Å². The van der Waals surface area contributed by atoms with Crippen molar-refractivity contribution in [2.45, 2.75) is 19.8 Å². The van der Waals surface area contributed by atoms with Crippen LogP contribution in [0.3, 0.4) is 0 Å². The van der Waals surface area contributed by atoms with Crippen molar-refractivity contribution in [2.75, 3.05) is 11.4 Å². The van der Waals surface area contributed by atoms with Crippen molar-refractivity contribution in [3.63, 3.8) is 0 Å². The maximum absolute atomic E-state index is 12.8. The summed E-state index contributed by atoms with van der Waals surface area (Å²) in [6.45, 7) is 2.49. The predicted octanol–water partition coefficient (Wildman–Crippen LogP) is 5.59. The number of halogens is 1. The Kier molecular flexibility index (Phi) is 5.41. The minimum Gasteiger partial charge on any atom is -0.441 e. The lowest BCUT2D eigenvalue weighted by atomic mass is 10.2. The normalized spacial score (nSPS) is 11.1. The summed E-state index contributed by atoms with van der Waals surface area (Å²) in [5.41, 5.74) is 1.77. The quantitative estimate of drug-likeness (QED) is 0.415. The average Bonchev–Trinajstić information content (AvgIpc) is 3.34. The van der Waals surface area contributed by atoms with Gasteiger partial charge in [-0.1, -0.05) is 53.3 Å². The first kappa shape index (κ1) is 18.7. The maximum Gasteiger partial charge on any atom is 0.229 e. The Morgan fingerprint density at radius 3 is 2.82 bits per heavy atom. The lowest BCUT2D eigenvalue weighted by molar-refractivity contribution is -0.118. The summed E-state index contributed by atoms with van der Waals surface area (Å²) in [7, 11) is 0. The summed E-state index contributed by atoms with van der Waals surface area (Å²) in [5.74, 6) is 1.25. The van der Waals surface area contributed by atoms with Crippen LogP contribution in [-0.2, 0) is 11.2 Å². The first-order chi connectivity index (χ1) is 13.6. The van der Waals surface area contributed by atoms with Gasteiger partial charge in [-0.2, -0.15) is 0 Å². The third kappa shape index (κ3) is 3.93. The molecule has 0 fully saturated rings. The van der Waals surface area contributed by atoms with Crippen LogP contribution in [-0.4, -0.2) is 22.4 Å². The third-order valence-corrected chi connectivity index (χ3v) is 5.65. The standard InChI is InChI=1S/C21H18ClN3O2S/c1-2-25(21-24-16-12-15(22)8-9-18(16)28-21)20(26)11-10-19-23-13-17(27-19)14-6-4-3-5-7-14/h3-9,12-13H,2,10-11H2,1H3. The number of hydrogen-bond donors (Lipinski definition) is 0. The van der Waals surface area contributed by atoms with Gasteiger partial charge in [0.1, 0.15) is 0 Å². The Morgan fingerprint density at radius 2 is 2.04 bits per heavy atom. The number of nitrogens with zero attached hydrogens (tertiary/aromatic N) is 3. The molecule has 4 aromatic rings. The molecule has 0 radical (unpaired) electrons. The largest absolute Gasteiger partial charge is 0.441 e. The number of carbonyl (C=O) groups is 1. The number of amides is 1. The number of aromatic nitrogens is 2. The van der Waals surface area contributed by atoms with Gasteiger partial charge in [-0.25, -0.2) is 9.97 Å². The first-order valence-corrected chi connectivity index (χ1v) is 10.2. The van der Waals surface area contributed by atoms with Crippen molar-refractivity contribution in [3.8, 4) is 11.3 Å². The molecule has 0 N–H and O–H groups in total. The van der Waals surface area contributed by atoms with Gasteiger partial charge in [0, 0.05) is 30.0 Å². The second-order valence-corrected chi connectivity index (χ2v) is 7.68. The zero-order valence-electron chi connectivity index (χ0n) is 15.3. The Balaban J connectivity index is 1.45. The van der Waals surface area contributed by atoms with E-state index in [2.05, 4.69) is 9.97 Å². The van der Waals surface area contributed by atoms with Crippen LogP contribution in [0, 0.1) is 0 Å². The van der Waals surface area contributed by atoms with E-state index in [0.29, 0.717) is 41.2 Å². The van der Waals surface area contributed by atoms with Crippen LogP contribution in [0.2, 0.25) is 5.02 Å². The summed E-state index contributed by atoms with van der Waals surface area (Å²) in [4.78, 5) is 23.3. The maximum atomic E-state index is 12.8. The van der Waals surface area contributed by atoms with Gasteiger partial charge in [-0.15, -0.1) is 0 Å². The van der Waals surface area contributed by atoms with E-state index in [0.717, 1.165) is 15.8 Å². The first-order valence-electron chi connectivity index (χ1n) is 9.00. The van der Waals surface area contributed by atoms with Crippen LogP contribution in [0.25, 0.3) is 21.5 Å². The summed E-state index contributed by atoms with van der Waals surface area (Å²) >= 11 is 7.52. The van der Waals surface area contributed by atoms with Crippen LogP contribution >= 0.6 is 22.9 Å². The molecule has 0 aliphatic rings. The minimum absolute atomic E-state index is 0.00730. The highest BCUT2D eigenvalue weighted by molar-refractivity contribution is 7.22. The predicted molar refractivity (Wildman–Crippen MR) is 113 cm³/mol. The second-order valence-electron chi connectivity index (χ2n) is 6.23. The molecule has 4 rings (SSSR count). The molecular formula is C21H18ClN3O2S. The number of carbonyl (C=O) groups excluding carboxylic acids is 1. The molecule has 2 heterocycles. The van der Waals surface area contributed by atoms with Gasteiger partial charge < -0.3 is 4.42 Å². The van der Waals surface area contributed by atoms with Gasteiger partial charge in [0.2, 0.25) is 5.91 Å². The van der Waals surface area contributed by atoms with E-state index in [1.807, 2.05) is 55.5 Å². The summed E-state index contributed by atoms with van der Waals surface area (Å²) in [6.07, 6.45) is 2.45. The summed E-state index contributed by atoms with van der Waals surface area (Å²) in [6, 6.07) is 15.4. The fourth-order valence-corrected chi connectivity index (χ4v) is 4.13. The number of hydrogen-bond acceptors (Lipinski definition) is 5. The average molecular weight is 412 g/mol. The minimum atomic E-state index is -0.00730. The lowest BCUT2D eigenvalue weighted by Gasteiger charge is -2.17. The van der Waals surface area contributed by atoms with Gasteiger partial charge in [0.15, 0.2) is 16.8 Å². The van der Waals surface area contributed by atoms with Gasteiger partial charge in [0.05, 0.1) is 16.4 Å². The molecule has 5 nitrogen and oxygen atoms in total. The second kappa shape index (κ2) is 8.12. The van der Waals surface area contributed by atoms with Crippen LogP contribution < -0.4 is 4.90 Å². The molecule has 0 spiro atoms. The molecule has 0 unspecified atom stereocenters. The number of anilines is 1. The van der Waals surface area contributed by atoms with Gasteiger partial charge in [-0.05, 0) is 25.1 Å². The highest BCUT2D eigenvalue weighted by atomic mass is 35.5. The number of aryl methyl sites for hydroxylation is 1. The Bertz CT molecular complexity index is 1110. The topological polar surface area (TPSA) is 59.2 Å². The Labute approximate surface area is 171 Å². The van der Waals surface area contributed by atoms with E-state index in [-0.39, 0.29) is 5.91 Å². The van der Waals surface area contributed by atoms with Crippen LogP contribution in [0.15, 0.2) is 59.1 Å². The molecular weight excluding hydrogens is 394 g/mol. The van der Waals surface area contributed by atoms with E-state index in [1.165, 1.54) is 11.3 Å². The molecule has 0 saturated carbocycles. The monoisotopic (exact) mass is 411 g/mol. The number of thiazole rings is 1. The fraction of sp³-hybridized carbons (Fsp3) is 0.190. The van der Waals surface area contributed by atoms with Crippen molar-refractivity contribution in [1.82, 2.24) is 9.97 Å². The zero-order valence-corrected chi connectivity index (χ0v) is 16.8. The van der Waals surface area contributed by atoms with E-state index in [1.54, 1.807) is 11.1 Å². The molecule has 0 aliphatic carbocycles. The molecule has 0 atom stereocenters. The van der Waals surface area contributed by atoms with Gasteiger partial charge >= 0.3 is 0 Å². The van der Waals surface area contributed by atoms with Crippen LogP contribution in [0.4, 0.5) is 5.13 Å². The van der Waals surface area contributed by atoms with Crippen molar-refractivity contribution < 1.29 is 9.21 Å². The molecule has 0 aliphatic heterocycles. The highest BCUT2D eigenvalue weighted by Crippen LogP contribution is 2.31. The van der Waals surface area contributed by atoms with Gasteiger partial charge in [0.25, 0.3) is 0 Å². The smallest absolute Gasteiger partial charge is 0.229 e. The number of rotatable bonds is 6. The number of oxazole rings is 1. The molecule has 7 heteroatoms. The van der Waals surface area contributed by atoms with Gasteiger partial charge in [-0.3, -0.25) is 9.69 Å². The van der Waals surface area contributed by atoms with Crippen molar-refractivity contribution in [1.29, 1.82) is 0 Å². The molecule has 2 aromatic heterocycles. The summed E-state index contributed by atoms with van der Waals surface area (Å²) in [5, 5.41) is 1.32. The highest BCUT2D eigenvalue weighted by Gasteiger charge is 2.19. The lowest BCUT2D eigenvalue weighted by Crippen LogP contribution is -2.30. The van der Waals surface area contributed by atoms with E-state index in [4.69, 9.17) is 16.0 Å². The Hall–Kier alpha value is -2.70. The molecule has 28 heavy (non-hydrogen) atoms. The van der Waals surface area contributed by atoms with Crippen molar-refractivity contribution in [3.05, 3.63) is 65.6 Å². The van der Waals surface area contributed by atoms with Crippen LogP contribution in [0.5, 0.6) is 0 Å². The molecule has 0 saturated heterocycles. The number of fused-ring (bicyclic) bond motifs is 1. The van der Waals surface area contributed by atoms with Crippen LogP contribution in [0.1, 0.15) is 19.2 Å². The molecule has 142 valence electrons. The van der Waals surface area contributed by atoms with Crippen molar-refractivity contribution in [2.24, 2.45) is 0 Å². The fourth-order valence-electron chi connectivity index (χ4n) is 2.93. The Morgan fingerprint density at radius 1 is 1.21 bits per heavy atom. The summed E-state index contributed by atoms with van der Waals surface area (Å²) < 4.78 is 6.80. The third-order valence-electron chi connectivity index (χ3n) is 4.35. The number of benzene rings is 2. The SMILES string of the molecule is CCN(C(=O)CCc1ncc(-c2ccccc2)o1)c1nc2cc(Cl)ccc2s1. The van der Waals surface area contributed by atoms with E-state index < -0.39 is 0 Å². The van der Waals surface area contributed by atoms with E-state index in [9.17, 15) is 4.79 Å². The zero-order chi connectivity index (χ0) is 19.5. The molecule has 2 aromatic carbocycles.